The van der Waals surface area contributed by atoms with E-state index in [1.54, 1.807) is 55.6 Å². The number of hydrogen-bond acceptors (Lipinski definition) is 6. The average Bonchev–Trinajstić information content (AvgIpc) is 3.40. The number of nitrogens with zero attached hydrogens (tertiary/aromatic N) is 2. The molecule has 3 atom stereocenters. The number of ether oxygens (including phenoxy) is 2. The van der Waals surface area contributed by atoms with Crippen LogP contribution in [0.5, 0.6) is 11.5 Å². The number of hydrogen-bond donors (Lipinski definition) is 1. The summed E-state index contributed by atoms with van der Waals surface area (Å²) in [7, 11) is 3.07. The van der Waals surface area contributed by atoms with Gasteiger partial charge in [0.05, 0.1) is 31.9 Å². The zero-order valence-corrected chi connectivity index (χ0v) is 21.5. The number of nitrogens with one attached hydrogen (secondary N) is 1. The Morgan fingerprint density at radius 3 is 2.36 bits per heavy atom. The minimum absolute atomic E-state index is 0.381. The number of aryl methyl sites for hydroxylation is 1. The molecule has 2 aliphatic heterocycles. The van der Waals surface area contributed by atoms with Gasteiger partial charge in [-0.1, -0.05) is 39.7 Å². The van der Waals surface area contributed by atoms with Crippen molar-refractivity contribution in [2.45, 2.75) is 19.0 Å². The van der Waals surface area contributed by atoms with Crippen molar-refractivity contribution in [2.24, 2.45) is 5.92 Å². The molecule has 2 saturated heterocycles. The van der Waals surface area contributed by atoms with Crippen LogP contribution in [0.15, 0.2) is 71.2 Å². The first-order chi connectivity index (χ1) is 17.3. The first kappa shape index (κ1) is 24.0. The molecule has 3 aromatic carbocycles. The maximum absolute atomic E-state index is 13.8. The summed E-state index contributed by atoms with van der Waals surface area (Å²) in [6, 6.07) is 17.6. The number of benzene rings is 3. The van der Waals surface area contributed by atoms with Crippen molar-refractivity contribution in [3.8, 4) is 11.5 Å². The van der Waals surface area contributed by atoms with Crippen molar-refractivity contribution < 1.29 is 23.9 Å². The lowest BCUT2D eigenvalue weighted by atomic mass is 9.90. The third-order valence-electron chi connectivity index (χ3n) is 6.59. The molecule has 2 fully saturated rings. The molecule has 0 spiro atoms. The number of carbonyl (C=O) groups excluding carboxylic acids is 3. The maximum atomic E-state index is 13.8. The van der Waals surface area contributed by atoms with Crippen LogP contribution in [-0.4, -0.2) is 43.0 Å². The van der Waals surface area contributed by atoms with Crippen molar-refractivity contribution in [2.75, 3.05) is 19.1 Å². The third-order valence-corrected chi connectivity index (χ3v) is 7.09. The Labute approximate surface area is 216 Å². The van der Waals surface area contributed by atoms with E-state index in [0.29, 0.717) is 28.3 Å². The first-order valence-corrected chi connectivity index (χ1v) is 12.1. The summed E-state index contributed by atoms with van der Waals surface area (Å²) in [4.78, 5) is 42.3. The number of amides is 3. The second kappa shape index (κ2) is 9.40. The highest BCUT2D eigenvalue weighted by Crippen LogP contribution is 2.45. The van der Waals surface area contributed by atoms with E-state index in [9.17, 15) is 14.4 Å². The van der Waals surface area contributed by atoms with E-state index >= 15 is 0 Å². The number of halogens is 1. The molecule has 9 heteroatoms. The Balaban J connectivity index is 1.61. The molecule has 0 bridgehead atoms. The van der Waals surface area contributed by atoms with Crippen molar-refractivity contribution >= 4 is 39.3 Å². The fourth-order valence-corrected chi connectivity index (χ4v) is 5.22. The molecule has 184 valence electrons. The molecule has 8 nitrogen and oxygen atoms in total. The molecule has 0 aromatic heterocycles. The molecule has 3 amide bonds. The van der Waals surface area contributed by atoms with Gasteiger partial charge >= 0.3 is 0 Å². The highest BCUT2D eigenvalue weighted by atomic mass is 79.9. The molecule has 5 rings (SSSR count). The first-order valence-electron chi connectivity index (χ1n) is 11.4. The lowest BCUT2D eigenvalue weighted by Crippen LogP contribution is -2.48. The lowest BCUT2D eigenvalue weighted by Gasteiger charge is -2.26. The summed E-state index contributed by atoms with van der Waals surface area (Å²) in [5, 5.41) is 1.29. The summed E-state index contributed by atoms with van der Waals surface area (Å²) in [5.41, 5.74) is 5.66. The number of anilines is 1. The van der Waals surface area contributed by atoms with Crippen molar-refractivity contribution in [1.82, 2.24) is 10.4 Å². The van der Waals surface area contributed by atoms with Gasteiger partial charge in [0, 0.05) is 21.7 Å². The quantitative estimate of drug-likeness (QED) is 0.483. The zero-order valence-electron chi connectivity index (χ0n) is 19.9. The molecule has 3 unspecified atom stereocenters. The van der Waals surface area contributed by atoms with Crippen molar-refractivity contribution in [3.05, 3.63) is 87.9 Å². The van der Waals surface area contributed by atoms with Gasteiger partial charge in [-0.05, 0) is 49.4 Å². The third kappa shape index (κ3) is 3.94. The van der Waals surface area contributed by atoms with Crippen LogP contribution in [-0.2, 0) is 9.59 Å². The standard InChI is InChI=1S/C27H24BrN3O5/c1-15-7-9-18(10-8-15)30-26(33)22-23(20-12-11-19(35-2)14-21(20)36-3)29-31(24(22)27(30)34)25(32)16-5-4-6-17(28)13-16/h4-14,22-24,29H,1-3H3. The molecule has 2 heterocycles. The summed E-state index contributed by atoms with van der Waals surface area (Å²) in [6.07, 6.45) is 0. The zero-order chi connectivity index (χ0) is 25.6. The Hall–Kier alpha value is -3.69. The summed E-state index contributed by atoms with van der Waals surface area (Å²) < 4.78 is 11.6. The molecule has 1 N–H and O–H groups in total. The van der Waals surface area contributed by atoms with Crippen LogP contribution in [0, 0.1) is 12.8 Å². The number of carbonyl (C=O) groups is 3. The van der Waals surface area contributed by atoms with E-state index in [4.69, 9.17) is 9.47 Å². The summed E-state index contributed by atoms with van der Waals surface area (Å²) in [5.74, 6) is -1.03. The fraction of sp³-hybridized carbons (Fsp3) is 0.222. The monoisotopic (exact) mass is 549 g/mol. The Morgan fingerprint density at radius 2 is 1.69 bits per heavy atom. The molecule has 0 radical (unpaired) electrons. The fourth-order valence-electron chi connectivity index (χ4n) is 4.82. The lowest BCUT2D eigenvalue weighted by molar-refractivity contribution is -0.123. The predicted molar refractivity (Wildman–Crippen MR) is 137 cm³/mol. The van der Waals surface area contributed by atoms with Gasteiger partial charge in [0.2, 0.25) is 5.91 Å². The van der Waals surface area contributed by atoms with E-state index in [0.717, 1.165) is 10.0 Å². The van der Waals surface area contributed by atoms with Gasteiger partial charge in [-0.15, -0.1) is 0 Å². The Bertz CT molecular complexity index is 1360. The largest absolute Gasteiger partial charge is 0.497 e. The smallest absolute Gasteiger partial charge is 0.268 e. The molecule has 36 heavy (non-hydrogen) atoms. The van der Waals surface area contributed by atoms with Gasteiger partial charge in [0.15, 0.2) is 0 Å². The number of fused-ring (bicyclic) bond motifs is 1. The van der Waals surface area contributed by atoms with Crippen molar-refractivity contribution in [3.63, 3.8) is 0 Å². The summed E-state index contributed by atoms with van der Waals surface area (Å²) in [6.45, 7) is 1.93. The van der Waals surface area contributed by atoms with E-state index in [-0.39, 0.29) is 5.91 Å². The summed E-state index contributed by atoms with van der Waals surface area (Å²) >= 11 is 3.39. The van der Waals surface area contributed by atoms with Crippen LogP contribution < -0.4 is 19.8 Å². The second-order valence-corrected chi connectivity index (χ2v) is 9.63. The van der Waals surface area contributed by atoms with Crippen LogP contribution >= 0.6 is 15.9 Å². The molecule has 2 aliphatic rings. The van der Waals surface area contributed by atoms with E-state index in [1.807, 2.05) is 25.1 Å². The number of hydrazine groups is 1. The van der Waals surface area contributed by atoms with Gasteiger partial charge in [0.25, 0.3) is 11.8 Å². The Kier molecular flexibility index (Phi) is 6.27. The molecular formula is C27H24BrN3O5. The molecular weight excluding hydrogens is 526 g/mol. The normalized spacial score (nSPS) is 21.1. The van der Waals surface area contributed by atoms with E-state index in [2.05, 4.69) is 21.4 Å². The minimum atomic E-state index is -1.03. The molecule has 0 aliphatic carbocycles. The Morgan fingerprint density at radius 1 is 0.944 bits per heavy atom. The average molecular weight is 550 g/mol. The topological polar surface area (TPSA) is 88.2 Å². The van der Waals surface area contributed by atoms with Gasteiger partial charge < -0.3 is 9.47 Å². The van der Waals surface area contributed by atoms with Gasteiger partial charge in [0.1, 0.15) is 17.5 Å². The highest BCUT2D eigenvalue weighted by molar-refractivity contribution is 9.10. The van der Waals surface area contributed by atoms with Gasteiger partial charge in [-0.3, -0.25) is 19.4 Å². The number of methoxy groups -OCH3 is 2. The van der Waals surface area contributed by atoms with Gasteiger partial charge in [-0.25, -0.2) is 10.3 Å². The van der Waals surface area contributed by atoms with Crippen LogP contribution in [0.1, 0.15) is 27.5 Å². The maximum Gasteiger partial charge on any atom is 0.268 e. The number of rotatable bonds is 5. The number of imide groups is 1. The molecule has 3 aromatic rings. The van der Waals surface area contributed by atoms with E-state index < -0.39 is 29.8 Å². The van der Waals surface area contributed by atoms with Crippen LogP contribution in [0.25, 0.3) is 0 Å². The second-order valence-electron chi connectivity index (χ2n) is 8.72. The van der Waals surface area contributed by atoms with Gasteiger partial charge in [-0.2, -0.15) is 0 Å². The molecule has 0 saturated carbocycles. The highest BCUT2D eigenvalue weighted by Gasteiger charge is 2.60. The van der Waals surface area contributed by atoms with Crippen molar-refractivity contribution in [1.29, 1.82) is 0 Å². The predicted octanol–water partition coefficient (Wildman–Crippen LogP) is 4.03. The van der Waals surface area contributed by atoms with E-state index in [1.165, 1.54) is 17.0 Å². The van der Waals surface area contributed by atoms with Crippen LogP contribution in [0.4, 0.5) is 5.69 Å². The SMILES string of the molecule is COc1ccc(C2NN(C(=O)c3cccc(Br)c3)C3C(=O)N(c4ccc(C)cc4)C(=O)C23)c(OC)c1. The van der Waals surface area contributed by atoms with Crippen LogP contribution in [0.2, 0.25) is 0 Å². The minimum Gasteiger partial charge on any atom is -0.497 e. The van der Waals surface area contributed by atoms with Crippen LogP contribution in [0.3, 0.4) is 0 Å².